The molecule has 3 heterocycles. The number of amides is 1. The van der Waals surface area contributed by atoms with Crippen LogP contribution in [0.3, 0.4) is 0 Å². The van der Waals surface area contributed by atoms with Gasteiger partial charge in [0.25, 0.3) is 5.91 Å². The maximum Gasteiger partial charge on any atom is 0.259 e. The maximum absolute atomic E-state index is 12.6. The van der Waals surface area contributed by atoms with Crippen molar-refractivity contribution in [3.05, 3.63) is 48.4 Å². The van der Waals surface area contributed by atoms with E-state index in [1.165, 1.54) is 7.11 Å². The molecule has 1 aliphatic heterocycles. The molecule has 22 heavy (non-hydrogen) atoms. The Morgan fingerprint density at radius 3 is 2.50 bits per heavy atom. The Bertz CT molecular complexity index is 640. The van der Waals surface area contributed by atoms with Gasteiger partial charge in [0.2, 0.25) is 5.88 Å². The quantitative estimate of drug-likeness (QED) is 0.858. The second-order valence-electron chi connectivity index (χ2n) is 5.04. The predicted molar refractivity (Wildman–Crippen MR) is 83.1 cm³/mol. The number of piperazine rings is 1. The number of carbonyl (C=O) groups excluding carboxylic acids is 1. The second kappa shape index (κ2) is 6.43. The molecule has 1 fully saturated rings. The van der Waals surface area contributed by atoms with Crippen molar-refractivity contribution in [3.8, 4) is 5.88 Å². The molecule has 0 aliphatic carbocycles. The van der Waals surface area contributed by atoms with Gasteiger partial charge in [-0.2, -0.15) is 0 Å². The van der Waals surface area contributed by atoms with Crippen LogP contribution in [0.1, 0.15) is 10.4 Å². The molecule has 0 aromatic carbocycles. The van der Waals surface area contributed by atoms with Crippen LogP contribution >= 0.6 is 0 Å². The summed E-state index contributed by atoms with van der Waals surface area (Å²) in [6, 6.07) is 7.48. The first-order valence-electron chi connectivity index (χ1n) is 7.23. The van der Waals surface area contributed by atoms with E-state index in [1.807, 2.05) is 17.0 Å². The summed E-state index contributed by atoms with van der Waals surface area (Å²) in [6.45, 7) is 2.97. The third-order valence-corrected chi connectivity index (χ3v) is 3.79. The summed E-state index contributed by atoms with van der Waals surface area (Å²) in [7, 11) is 1.53. The van der Waals surface area contributed by atoms with Crippen LogP contribution in [0.5, 0.6) is 5.88 Å². The molecule has 3 rings (SSSR count). The van der Waals surface area contributed by atoms with Crippen LogP contribution in [0.2, 0.25) is 0 Å². The van der Waals surface area contributed by atoms with Crippen molar-refractivity contribution in [2.24, 2.45) is 0 Å². The third-order valence-electron chi connectivity index (χ3n) is 3.79. The van der Waals surface area contributed by atoms with Crippen LogP contribution < -0.4 is 9.64 Å². The first-order chi connectivity index (χ1) is 10.8. The van der Waals surface area contributed by atoms with Crippen molar-refractivity contribution >= 4 is 11.6 Å². The molecule has 0 radical (unpaired) electrons. The maximum atomic E-state index is 12.6. The highest BCUT2D eigenvalue weighted by Gasteiger charge is 2.24. The third kappa shape index (κ3) is 2.86. The number of anilines is 1. The Morgan fingerprint density at radius 1 is 1.09 bits per heavy atom. The molecule has 0 N–H and O–H groups in total. The fraction of sp³-hybridized carbons (Fsp3) is 0.312. The zero-order valence-corrected chi connectivity index (χ0v) is 12.5. The van der Waals surface area contributed by atoms with Crippen LogP contribution in [-0.4, -0.2) is 54.1 Å². The Hall–Kier alpha value is -2.63. The first kappa shape index (κ1) is 14.3. The number of hydrogen-bond donors (Lipinski definition) is 0. The standard InChI is InChI=1S/C16H18N4O2/c1-22-15-14(3-2-6-18-15)16(21)20-11-9-19(10-12-20)13-4-7-17-8-5-13/h2-8H,9-12H2,1H3. The van der Waals surface area contributed by atoms with Crippen LogP contribution in [0.15, 0.2) is 42.9 Å². The zero-order valence-electron chi connectivity index (χ0n) is 12.5. The lowest BCUT2D eigenvalue weighted by Crippen LogP contribution is -2.48. The highest BCUT2D eigenvalue weighted by atomic mass is 16.5. The summed E-state index contributed by atoms with van der Waals surface area (Å²) >= 11 is 0. The van der Waals surface area contributed by atoms with Crippen molar-refractivity contribution in [2.75, 3.05) is 38.2 Å². The molecule has 2 aromatic heterocycles. The van der Waals surface area contributed by atoms with Gasteiger partial charge in [-0.15, -0.1) is 0 Å². The van der Waals surface area contributed by atoms with Crippen LogP contribution in [0, 0.1) is 0 Å². The van der Waals surface area contributed by atoms with E-state index in [0.29, 0.717) is 24.5 Å². The Kier molecular flexibility index (Phi) is 4.18. The minimum absolute atomic E-state index is 0.0284. The molecule has 1 aliphatic rings. The first-order valence-corrected chi connectivity index (χ1v) is 7.23. The number of aromatic nitrogens is 2. The average Bonchev–Trinajstić information content (AvgIpc) is 2.62. The van der Waals surface area contributed by atoms with Crippen molar-refractivity contribution in [3.63, 3.8) is 0 Å². The summed E-state index contributed by atoms with van der Waals surface area (Å²) in [5, 5.41) is 0. The lowest BCUT2D eigenvalue weighted by molar-refractivity contribution is 0.0742. The van der Waals surface area contributed by atoms with Gasteiger partial charge in [0.05, 0.1) is 7.11 Å². The predicted octanol–water partition coefficient (Wildman–Crippen LogP) is 1.45. The van der Waals surface area contributed by atoms with Gasteiger partial charge in [-0.1, -0.05) is 0 Å². The van der Waals surface area contributed by atoms with E-state index in [1.54, 1.807) is 30.7 Å². The molecule has 6 heteroatoms. The van der Waals surface area contributed by atoms with E-state index in [-0.39, 0.29) is 5.91 Å². The molecule has 1 amide bonds. The number of carbonyl (C=O) groups is 1. The molecule has 6 nitrogen and oxygen atoms in total. The van der Waals surface area contributed by atoms with Crippen molar-refractivity contribution in [2.45, 2.75) is 0 Å². The van der Waals surface area contributed by atoms with Gasteiger partial charge in [-0.3, -0.25) is 9.78 Å². The van der Waals surface area contributed by atoms with Gasteiger partial charge in [-0.25, -0.2) is 4.98 Å². The largest absolute Gasteiger partial charge is 0.480 e. The van der Waals surface area contributed by atoms with Gasteiger partial charge in [0.15, 0.2) is 0 Å². The summed E-state index contributed by atoms with van der Waals surface area (Å²) in [5.74, 6) is 0.350. The highest BCUT2D eigenvalue weighted by molar-refractivity contribution is 5.96. The van der Waals surface area contributed by atoms with Gasteiger partial charge in [0, 0.05) is 50.5 Å². The summed E-state index contributed by atoms with van der Waals surface area (Å²) in [5.41, 5.74) is 1.66. The Labute approximate surface area is 129 Å². The normalized spacial score (nSPS) is 14.8. The zero-order chi connectivity index (χ0) is 15.4. The van der Waals surface area contributed by atoms with Gasteiger partial charge in [0.1, 0.15) is 5.56 Å². The lowest BCUT2D eigenvalue weighted by Gasteiger charge is -2.36. The van der Waals surface area contributed by atoms with Crippen LogP contribution in [0.25, 0.3) is 0 Å². The molecule has 0 bridgehead atoms. The number of rotatable bonds is 3. The Balaban J connectivity index is 1.67. The van der Waals surface area contributed by atoms with Gasteiger partial charge < -0.3 is 14.5 Å². The number of nitrogens with zero attached hydrogens (tertiary/aromatic N) is 4. The van der Waals surface area contributed by atoms with Gasteiger partial charge >= 0.3 is 0 Å². The van der Waals surface area contributed by atoms with E-state index in [2.05, 4.69) is 14.9 Å². The smallest absolute Gasteiger partial charge is 0.259 e. The monoisotopic (exact) mass is 298 g/mol. The molecule has 0 spiro atoms. The fourth-order valence-electron chi connectivity index (χ4n) is 2.61. The van der Waals surface area contributed by atoms with E-state index in [4.69, 9.17) is 4.74 Å². The van der Waals surface area contributed by atoms with E-state index >= 15 is 0 Å². The minimum Gasteiger partial charge on any atom is -0.480 e. The molecule has 2 aromatic rings. The van der Waals surface area contributed by atoms with Crippen LogP contribution in [0.4, 0.5) is 5.69 Å². The second-order valence-corrected chi connectivity index (χ2v) is 5.04. The fourth-order valence-corrected chi connectivity index (χ4v) is 2.61. The molecule has 0 atom stereocenters. The summed E-state index contributed by atoms with van der Waals surface area (Å²) in [4.78, 5) is 24.8. The molecule has 114 valence electrons. The number of methoxy groups -OCH3 is 1. The van der Waals surface area contributed by atoms with E-state index in [9.17, 15) is 4.79 Å². The Morgan fingerprint density at radius 2 is 1.82 bits per heavy atom. The van der Waals surface area contributed by atoms with E-state index < -0.39 is 0 Å². The number of hydrogen-bond acceptors (Lipinski definition) is 5. The SMILES string of the molecule is COc1ncccc1C(=O)N1CCN(c2ccncc2)CC1. The average molecular weight is 298 g/mol. The molecule has 0 saturated carbocycles. The number of pyridine rings is 2. The molecular formula is C16H18N4O2. The van der Waals surface area contributed by atoms with Crippen LogP contribution in [-0.2, 0) is 0 Å². The lowest BCUT2D eigenvalue weighted by atomic mass is 10.2. The van der Waals surface area contributed by atoms with Crippen molar-refractivity contribution in [1.29, 1.82) is 0 Å². The molecular weight excluding hydrogens is 280 g/mol. The number of ether oxygens (including phenoxy) is 1. The van der Waals surface area contributed by atoms with Gasteiger partial charge in [-0.05, 0) is 24.3 Å². The topological polar surface area (TPSA) is 58.6 Å². The summed E-state index contributed by atoms with van der Waals surface area (Å²) < 4.78 is 5.17. The minimum atomic E-state index is -0.0284. The molecule has 1 saturated heterocycles. The van der Waals surface area contributed by atoms with E-state index in [0.717, 1.165) is 18.8 Å². The highest BCUT2D eigenvalue weighted by Crippen LogP contribution is 2.19. The molecule has 0 unspecified atom stereocenters. The summed E-state index contributed by atoms with van der Waals surface area (Å²) in [6.07, 6.45) is 5.19. The van der Waals surface area contributed by atoms with Crippen molar-refractivity contribution in [1.82, 2.24) is 14.9 Å². The van der Waals surface area contributed by atoms with Crippen molar-refractivity contribution < 1.29 is 9.53 Å².